The Bertz CT molecular complexity index is 879. The van der Waals surface area contributed by atoms with Crippen molar-refractivity contribution < 1.29 is 28.6 Å². The van der Waals surface area contributed by atoms with E-state index < -0.39 is 35.4 Å². The Morgan fingerprint density at radius 1 is 1.00 bits per heavy atom. The minimum absolute atomic E-state index is 0.0686. The molecule has 0 saturated carbocycles. The van der Waals surface area contributed by atoms with Crippen LogP contribution in [0.3, 0.4) is 0 Å². The van der Waals surface area contributed by atoms with Crippen molar-refractivity contribution in [1.82, 2.24) is 10.0 Å². The minimum Gasteiger partial charge on any atom is -0.467 e. The van der Waals surface area contributed by atoms with Gasteiger partial charge in [-0.3, -0.25) is 0 Å². The average Bonchev–Trinajstić information content (AvgIpc) is 2.97. The molecule has 1 aliphatic rings. The van der Waals surface area contributed by atoms with E-state index in [0.29, 0.717) is 5.70 Å². The van der Waals surface area contributed by atoms with Gasteiger partial charge in [-0.05, 0) is 60.1 Å². The maximum absolute atomic E-state index is 13.1. The third-order valence-electron chi connectivity index (χ3n) is 4.18. The quantitative estimate of drug-likeness (QED) is 0.499. The first-order valence-corrected chi connectivity index (χ1v) is 10.1. The van der Waals surface area contributed by atoms with Crippen LogP contribution in [-0.4, -0.2) is 52.5 Å². The van der Waals surface area contributed by atoms with Crippen molar-refractivity contribution in [2.24, 2.45) is 0 Å². The molecule has 1 aromatic carbocycles. The molecule has 1 fully saturated rings. The van der Waals surface area contributed by atoms with Gasteiger partial charge in [0, 0.05) is 6.42 Å². The van der Waals surface area contributed by atoms with Crippen molar-refractivity contribution in [2.75, 3.05) is 7.11 Å². The third kappa shape index (κ3) is 6.47. The lowest BCUT2D eigenvalue weighted by Crippen LogP contribution is -2.53. The molecule has 2 rings (SSSR count). The average molecular weight is 433 g/mol. The molecule has 1 atom stereocenters. The smallest absolute Gasteiger partial charge is 0.434 e. The molecule has 8 heteroatoms. The zero-order chi connectivity index (χ0) is 23.6. The summed E-state index contributed by atoms with van der Waals surface area (Å²) >= 11 is 0. The molecule has 1 aliphatic heterocycles. The molecule has 1 heterocycles. The highest BCUT2D eigenvalue weighted by Crippen LogP contribution is 2.33. The van der Waals surface area contributed by atoms with Gasteiger partial charge < -0.3 is 14.2 Å². The molecule has 0 bridgehead atoms. The van der Waals surface area contributed by atoms with Crippen LogP contribution in [0.2, 0.25) is 0 Å². The van der Waals surface area contributed by atoms with E-state index in [1.165, 1.54) is 7.11 Å². The van der Waals surface area contributed by atoms with Crippen LogP contribution in [0.4, 0.5) is 9.59 Å². The van der Waals surface area contributed by atoms with Crippen molar-refractivity contribution in [3.8, 4) is 0 Å². The summed E-state index contributed by atoms with van der Waals surface area (Å²) in [5.74, 6) is -0.660. The molecule has 0 aliphatic carbocycles. The first-order chi connectivity index (χ1) is 14.2. The number of aryl methyl sites for hydroxylation is 1. The van der Waals surface area contributed by atoms with Crippen molar-refractivity contribution in [3.63, 3.8) is 0 Å². The van der Waals surface area contributed by atoms with Crippen LogP contribution in [0, 0.1) is 6.92 Å². The number of benzene rings is 1. The van der Waals surface area contributed by atoms with E-state index in [1.807, 2.05) is 31.2 Å². The summed E-state index contributed by atoms with van der Waals surface area (Å²) in [6.45, 7) is 12.2. The van der Waals surface area contributed by atoms with Crippen LogP contribution >= 0.6 is 0 Å². The van der Waals surface area contributed by atoms with Gasteiger partial charge >= 0.3 is 18.2 Å². The SMILES string of the molecule is COC(=O)[C@H]1C/C(=C/c2cccc(C)c2)N(C(=O)OC(C)(C)C)N1C(=O)OC(C)(C)C. The van der Waals surface area contributed by atoms with Crippen LogP contribution in [0.15, 0.2) is 30.0 Å². The summed E-state index contributed by atoms with van der Waals surface area (Å²) in [4.78, 5) is 38.7. The van der Waals surface area contributed by atoms with Gasteiger partial charge in [0.2, 0.25) is 0 Å². The number of hydrazine groups is 1. The number of carbonyl (C=O) groups is 3. The Kier molecular flexibility index (Phi) is 7.03. The number of hydrogen-bond acceptors (Lipinski definition) is 6. The van der Waals surface area contributed by atoms with E-state index in [-0.39, 0.29) is 6.42 Å². The predicted octanol–water partition coefficient (Wildman–Crippen LogP) is 4.67. The van der Waals surface area contributed by atoms with Crippen molar-refractivity contribution >= 4 is 24.2 Å². The first kappa shape index (κ1) is 24.2. The Morgan fingerprint density at radius 3 is 2.10 bits per heavy atom. The number of hydrogen-bond donors (Lipinski definition) is 0. The number of methoxy groups -OCH3 is 1. The fraction of sp³-hybridized carbons (Fsp3) is 0.522. The largest absolute Gasteiger partial charge is 0.467 e. The number of ether oxygens (including phenoxy) is 3. The molecule has 31 heavy (non-hydrogen) atoms. The number of esters is 1. The second-order valence-electron chi connectivity index (χ2n) is 9.41. The van der Waals surface area contributed by atoms with E-state index in [1.54, 1.807) is 47.6 Å². The highest BCUT2D eigenvalue weighted by atomic mass is 16.6. The van der Waals surface area contributed by atoms with Gasteiger partial charge in [-0.15, -0.1) is 0 Å². The lowest BCUT2D eigenvalue weighted by atomic mass is 10.1. The van der Waals surface area contributed by atoms with E-state index in [0.717, 1.165) is 21.1 Å². The summed E-state index contributed by atoms with van der Waals surface area (Å²) in [6.07, 6.45) is 0.182. The summed E-state index contributed by atoms with van der Waals surface area (Å²) < 4.78 is 15.9. The molecule has 1 saturated heterocycles. The predicted molar refractivity (Wildman–Crippen MR) is 116 cm³/mol. The zero-order valence-corrected chi connectivity index (χ0v) is 19.5. The molecule has 1 aromatic rings. The number of nitrogens with zero attached hydrogens (tertiary/aromatic N) is 2. The summed E-state index contributed by atoms with van der Waals surface area (Å²) in [6, 6.07) is 6.58. The fourth-order valence-electron chi connectivity index (χ4n) is 3.07. The van der Waals surface area contributed by atoms with E-state index >= 15 is 0 Å². The summed E-state index contributed by atoms with van der Waals surface area (Å²) in [5, 5.41) is 2.05. The van der Waals surface area contributed by atoms with Gasteiger partial charge in [0.05, 0.1) is 12.8 Å². The van der Waals surface area contributed by atoms with E-state index in [9.17, 15) is 14.4 Å². The molecule has 170 valence electrons. The third-order valence-corrected chi connectivity index (χ3v) is 4.18. The van der Waals surface area contributed by atoms with Crippen LogP contribution in [0.25, 0.3) is 6.08 Å². The molecule has 2 amide bonds. The molecule has 0 aromatic heterocycles. The maximum Gasteiger partial charge on any atom is 0.434 e. The monoisotopic (exact) mass is 432 g/mol. The highest BCUT2D eigenvalue weighted by molar-refractivity contribution is 5.87. The van der Waals surface area contributed by atoms with Crippen molar-refractivity contribution in [2.45, 2.75) is 72.1 Å². The van der Waals surface area contributed by atoms with Gasteiger partial charge in [-0.2, -0.15) is 10.0 Å². The van der Waals surface area contributed by atoms with Crippen LogP contribution in [0.1, 0.15) is 59.1 Å². The highest BCUT2D eigenvalue weighted by Gasteiger charge is 2.49. The zero-order valence-electron chi connectivity index (χ0n) is 19.5. The summed E-state index contributed by atoms with van der Waals surface area (Å²) in [7, 11) is 1.23. The van der Waals surface area contributed by atoms with Gasteiger partial charge in [-0.25, -0.2) is 14.4 Å². The normalized spacial score (nSPS) is 18.2. The van der Waals surface area contributed by atoms with Gasteiger partial charge in [0.25, 0.3) is 0 Å². The molecule has 0 spiro atoms. The topological polar surface area (TPSA) is 85.4 Å². The molecule has 0 radical (unpaired) electrons. The maximum atomic E-state index is 13.1. The molecule has 8 nitrogen and oxygen atoms in total. The Labute approximate surface area is 183 Å². The molecule has 0 N–H and O–H groups in total. The molecule has 0 unspecified atom stereocenters. The Morgan fingerprint density at radius 2 is 1.58 bits per heavy atom. The van der Waals surface area contributed by atoms with E-state index in [2.05, 4.69) is 0 Å². The fourth-order valence-corrected chi connectivity index (χ4v) is 3.07. The second kappa shape index (κ2) is 8.99. The minimum atomic E-state index is -1.07. The summed E-state index contributed by atoms with van der Waals surface area (Å²) in [5.41, 5.74) is 0.624. The number of amides is 2. The van der Waals surface area contributed by atoms with Crippen LogP contribution < -0.4 is 0 Å². The van der Waals surface area contributed by atoms with Crippen LogP contribution in [0.5, 0.6) is 0 Å². The molecular weight excluding hydrogens is 400 g/mol. The Hall–Kier alpha value is -3.03. The standard InChI is InChI=1S/C23H32N2O6/c1-15-10-9-11-16(12-15)13-17-14-18(19(26)29-8)25(21(28)31-23(5,6)7)24(17)20(27)30-22(2,3)4/h9-13,18H,14H2,1-8H3/b17-13-/t18-/m1/s1. The van der Waals surface area contributed by atoms with Crippen molar-refractivity contribution in [1.29, 1.82) is 0 Å². The lowest BCUT2D eigenvalue weighted by Gasteiger charge is -2.33. The van der Waals surface area contributed by atoms with E-state index in [4.69, 9.17) is 14.2 Å². The number of rotatable bonds is 2. The molecular formula is C23H32N2O6. The number of carbonyl (C=O) groups excluding carboxylic acids is 3. The van der Waals surface area contributed by atoms with Gasteiger partial charge in [-0.1, -0.05) is 29.8 Å². The van der Waals surface area contributed by atoms with Gasteiger partial charge in [0.1, 0.15) is 11.2 Å². The van der Waals surface area contributed by atoms with Gasteiger partial charge in [0.15, 0.2) is 6.04 Å². The first-order valence-electron chi connectivity index (χ1n) is 10.1. The lowest BCUT2D eigenvalue weighted by molar-refractivity contribution is -0.149. The second-order valence-corrected chi connectivity index (χ2v) is 9.41. The van der Waals surface area contributed by atoms with Crippen molar-refractivity contribution in [3.05, 3.63) is 41.1 Å². The van der Waals surface area contributed by atoms with Crippen LogP contribution in [-0.2, 0) is 19.0 Å². The Balaban J connectivity index is 2.58.